The summed E-state index contributed by atoms with van der Waals surface area (Å²) < 4.78 is 0. The fraction of sp³-hybridized carbons (Fsp3) is 0.118. The molecule has 0 aliphatic rings. The van der Waals surface area contributed by atoms with E-state index in [0.717, 1.165) is 11.3 Å². The van der Waals surface area contributed by atoms with Crippen molar-refractivity contribution >= 4 is 29.1 Å². The van der Waals surface area contributed by atoms with Crippen LogP contribution in [0.25, 0.3) is 6.08 Å². The molecule has 0 aliphatic heterocycles. The van der Waals surface area contributed by atoms with E-state index < -0.39 is 0 Å². The summed E-state index contributed by atoms with van der Waals surface area (Å²) in [4.78, 5) is 14.1. The molecule has 0 amide bonds. The average molecular weight is 286 g/mol. The van der Waals surface area contributed by atoms with Crippen LogP contribution in [0.3, 0.4) is 0 Å². The fourth-order valence-electron chi connectivity index (χ4n) is 1.81. The molecule has 0 fully saturated rings. The Morgan fingerprint density at radius 2 is 1.85 bits per heavy atom. The van der Waals surface area contributed by atoms with Crippen molar-refractivity contribution in [1.29, 1.82) is 0 Å². The van der Waals surface area contributed by atoms with Gasteiger partial charge in [0.25, 0.3) is 0 Å². The van der Waals surface area contributed by atoms with Crippen molar-refractivity contribution < 1.29 is 4.79 Å². The van der Waals surface area contributed by atoms with Crippen LogP contribution in [0.2, 0.25) is 5.02 Å². The van der Waals surface area contributed by atoms with E-state index in [1.807, 2.05) is 61.5 Å². The van der Waals surface area contributed by atoms with Crippen LogP contribution < -0.4 is 4.90 Å². The molecular weight excluding hydrogens is 270 g/mol. The van der Waals surface area contributed by atoms with Gasteiger partial charge in [0.15, 0.2) is 5.78 Å². The molecule has 2 aromatic rings. The van der Waals surface area contributed by atoms with Crippen molar-refractivity contribution in [2.24, 2.45) is 0 Å². The Balaban J connectivity index is 2.20. The van der Waals surface area contributed by atoms with Crippen LogP contribution in [0.1, 0.15) is 15.9 Å². The third-order valence-electron chi connectivity index (χ3n) is 2.97. The second kappa shape index (κ2) is 6.40. The number of hydrogen-bond donors (Lipinski definition) is 0. The fourth-order valence-corrected chi connectivity index (χ4v) is 2.01. The minimum Gasteiger partial charge on any atom is -0.378 e. The van der Waals surface area contributed by atoms with Crippen molar-refractivity contribution in [3.63, 3.8) is 0 Å². The van der Waals surface area contributed by atoms with E-state index in [2.05, 4.69) is 0 Å². The van der Waals surface area contributed by atoms with Gasteiger partial charge in [-0.3, -0.25) is 4.79 Å². The maximum atomic E-state index is 12.2. The molecule has 2 aromatic carbocycles. The lowest BCUT2D eigenvalue weighted by molar-refractivity contribution is 0.104. The SMILES string of the molecule is CN(C)c1cccc(C(=O)/C=C/c2ccccc2Cl)c1. The lowest BCUT2D eigenvalue weighted by atomic mass is 10.1. The maximum absolute atomic E-state index is 12.2. The van der Waals surface area contributed by atoms with Crippen LogP contribution in [0.4, 0.5) is 5.69 Å². The Morgan fingerprint density at radius 1 is 1.10 bits per heavy atom. The van der Waals surface area contributed by atoms with Gasteiger partial charge in [0.2, 0.25) is 0 Å². The van der Waals surface area contributed by atoms with Crippen LogP contribution in [0.15, 0.2) is 54.6 Å². The number of nitrogens with zero attached hydrogens (tertiary/aromatic N) is 1. The molecule has 0 aliphatic carbocycles. The zero-order valence-electron chi connectivity index (χ0n) is 11.5. The Kier molecular flexibility index (Phi) is 4.59. The number of carbonyl (C=O) groups is 1. The van der Waals surface area contributed by atoms with Crippen molar-refractivity contribution in [2.75, 3.05) is 19.0 Å². The van der Waals surface area contributed by atoms with Crippen LogP contribution in [0.5, 0.6) is 0 Å². The lowest BCUT2D eigenvalue weighted by Gasteiger charge is -2.12. The third-order valence-corrected chi connectivity index (χ3v) is 3.31. The number of ketones is 1. The summed E-state index contributed by atoms with van der Waals surface area (Å²) >= 11 is 6.05. The van der Waals surface area contributed by atoms with E-state index in [9.17, 15) is 4.79 Å². The topological polar surface area (TPSA) is 20.3 Å². The Morgan fingerprint density at radius 3 is 2.55 bits per heavy atom. The van der Waals surface area contributed by atoms with Gasteiger partial charge in [-0.25, -0.2) is 0 Å². The van der Waals surface area contributed by atoms with Crippen molar-refractivity contribution in [2.45, 2.75) is 0 Å². The molecule has 0 radical (unpaired) electrons. The van der Waals surface area contributed by atoms with Gasteiger partial charge >= 0.3 is 0 Å². The van der Waals surface area contributed by atoms with E-state index in [4.69, 9.17) is 11.6 Å². The first-order chi connectivity index (χ1) is 9.58. The Bertz CT molecular complexity index is 647. The number of hydrogen-bond acceptors (Lipinski definition) is 2. The molecule has 3 heteroatoms. The standard InChI is InChI=1S/C17H16ClNO/c1-19(2)15-8-5-7-14(12-15)17(20)11-10-13-6-3-4-9-16(13)18/h3-12H,1-2H3/b11-10+. The van der Waals surface area contributed by atoms with E-state index >= 15 is 0 Å². The van der Waals surface area contributed by atoms with Crippen molar-refractivity contribution in [3.8, 4) is 0 Å². The van der Waals surface area contributed by atoms with Gasteiger partial charge in [0, 0.05) is 30.4 Å². The van der Waals surface area contributed by atoms with Crippen molar-refractivity contribution in [1.82, 2.24) is 0 Å². The predicted octanol–water partition coefficient (Wildman–Crippen LogP) is 4.30. The van der Waals surface area contributed by atoms with E-state index in [1.165, 1.54) is 0 Å². The first-order valence-electron chi connectivity index (χ1n) is 6.32. The van der Waals surface area contributed by atoms with Gasteiger partial charge in [-0.2, -0.15) is 0 Å². The number of rotatable bonds is 4. The van der Waals surface area contributed by atoms with Crippen LogP contribution in [0, 0.1) is 0 Å². The molecule has 2 rings (SSSR count). The largest absolute Gasteiger partial charge is 0.378 e. The van der Waals surface area contributed by atoms with Gasteiger partial charge < -0.3 is 4.90 Å². The van der Waals surface area contributed by atoms with Crippen LogP contribution >= 0.6 is 11.6 Å². The molecule has 2 nitrogen and oxygen atoms in total. The number of carbonyl (C=O) groups excluding carboxylic acids is 1. The molecule has 0 N–H and O–H groups in total. The quantitative estimate of drug-likeness (QED) is 0.616. The molecule has 0 saturated carbocycles. The highest BCUT2D eigenvalue weighted by molar-refractivity contribution is 6.32. The molecule has 20 heavy (non-hydrogen) atoms. The van der Waals surface area contributed by atoms with E-state index in [-0.39, 0.29) is 5.78 Å². The highest BCUT2D eigenvalue weighted by atomic mass is 35.5. The minimum absolute atomic E-state index is 0.0337. The molecular formula is C17H16ClNO. The average Bonchev–Trinajstić information content (AvgIpc) is 2.46. The van der Waals surface area contributed by atoms with E-state index in [0.29, 0.717) is 10.6 Å². The van der Waals surface area contributed by atoms with Gasteiger partial charge in [0.05, 0.1) is 0 Å². The van der Waals surface area contributed by atoms with Gasteiger partial charge in [0.1, 0.15) is 0 Å². The van der Waals surface area contributed by atoms with E-state index in [1.54, 1.807) is 18.2 Å². The van der Waals surface area contributed by atoms with Crippen LogP contribution in [-0.2, 0) is 0 Å². The summed E-state index contributed by atoms with van der Waals surface area (Å²) in [7, 11) is 3.90. The first kappa shape index (κ1) is 14.4. The smallest absolute Gasteiger partial charge is 0.185 e. The monoisotopic (exact) mass is 285 g/mol. The third kappa shape index (κ3) is 3.49. The molecule has 0 unspecified atom stereocenters. The molecule has 0 saturated heterocycles. The number of anilines is 1. The Hall–Kier alpha value is -2.06. The normalized spacial score (nSPS) is 10.8. The molecule has 102 valence electrons. The Labute approximate surface area is 124 Å². The first-order valence-corrected chi connectivity index (χ1v) is 6.70. The van der Waals surface area contributed by atoms with Gasteiger partial charge in [-0.05, 0) is 35.9 Å². The maximum Gasteiger partial charge on any atom is 0.185 e. The van der Waals surface area contributed by atoms with Crippen molar-refractivity contribution in [3.05, 3.63) is 70.8 Å². The molecule has 0 atom stereocenters. The second-order valence-electron chi connectivity index (χ2n) is 4.66. The zero-order chi connectivity index (χ0) is 14.5. The van der Waals surface area contributed by atoms with Crippen LogP contribution in [-0.4, -0.2) is 19.9 Å². The lowest BCUT2D eigenvalue weighted by Crippen LogP contribution is -2.09. The number of benzene rings is 2. The summed E-state index contributed by atoms with van der Waals surface area (Å²) in [6, 6.07) is 15.0. The highest BCUT2D eigenvalue weighted by Crippen LogP contribution is 2.18. The zero-order valence-corrected chi connectivity index (χ0v) is 12.3. The second-order valence-corrected chi connectivity index (χ2v) is 5.07. The summed E-state index contributed by atoms with van der Waals surface area (Å²) in [6.45, 7) is 0. The summed E-state index contributed by atoms with van der Waals surface area (Å²) in [5, 5.41) is 0.638. The van der Waals surface area contributed by atoms with Gasteiger partial charge in [-0.15, -0.1) is 0 Å². The predicted molar refractivity (Wildman–Crippen MR) is 85.6 cm³/mol. The highest BCUT2D eigenvalue weighted by Gasteiger charge is 2.04. The summed E-state index contributed by atoms with van der Waals surface area (Å²) in [5.41, 5.74) is 2.51. The molecule has 0 bridgehead atoms. The molecule has 0 heterocycles. The molecule has 0 aromatic heterocycles. The molecule has 0 spiro atoms. The number of allylic oxidation sites excluding steroid dienone is 1. The summed E-state index contributed by atoms with van der Waals surface area (Å²) in [6.07, 6.45) is 3.29. The minimum atomic E-state index is -0.0337. The summed E-state index contributed by atoms with van der Waals surface area (Å²) in [5.74, 6) is -0.0337. The number of halogens is 1. The van der Waals surface area contributed by atoms with Gasteiger partial charge in [-0.1, -0.05) is 41.9 Å².